The first-order chi connectivity index (χ1) is 8.97. The number of nitrogens with two attached hydrogens (primary N) is 1. The maximum atomic E-state index is 13.1. The van der Waals surface area contributed by atoms with E-state index in [4.69, 9.17) is 26.5 Å². The molecule has 2 N–H and O–H groups in total. The van der Waals surface area contributed by atoms with Crippen molar-refractivity contribution in [1.29, 1.82) is 0 Å². The van der Waals surface area contributed by atoms with Gasteiger partial charge in [0.1, 0.15) is 23.1 Å². The van der Waals surface area contributed by atoms with Crippen LogP contribution in [0, 0.1) is 12.7 Å². The van der Waals surface area contributed by atoms with Crippen molar-refractivity contribution in [3.8, 4) is 5.75 Å². The van der Waals surface area contributed by atoms with E-state index in [1.54, 1.807) is 0 Å². The minimum absolute atomic E-state index is 0.0107. The molecule has 3 nitrogen and oxygen atoms in total. The standard InChI is InChI=1S/C14H15ClFNO2/c1-8-3-6-13(18-8)14(9(2)17)19-10-4-5-12(16)11(15)7-10/h3-7,9,14H,17H2,1-2H3. The molecule has 2 rings (SSSR count). The average molecular weight is 284 g/mol. The fourth-order valence-corrected chi connectivity index (χ4v) is 1.90. The van der Waals surface area contributed by atoms with E-state index in [-0.39, 0.29) is 11.1 Å². The second kappa shape index (κ2) is 5.63. The van der Waals surface area contributed by atoms with Gasteiger partial charge in [-0.2, -0.15) is 0 Å². The number of hydrogen-bond acceptors (Lipinski definition) is 3. The topological polar surface area (TPSA) is 48.4 Å². The predicted molar refractivity (Wildman–Crippen MR) is 71.9 cm³/mol. The molecule has 2 atom stereocenters. The van der Waals surface area contributed by atoms with Crippen LogP contribution >= 0.6 is 11.6 Å². The van der Waals surface area contributed by atoms with Crippen LogP contribution in [0.2, 0.25) is 5.02 Å². The molecule has 5 heteroatoms. The van der Waals surface area contributed by atoms with Gasteiger partial charge in [0.25, 0.3) is 0 Å². The fourth-order valence-electron chi connectivity index (χ4n) is 1.73. The van der Waals surface area contributed by atoms with Gasteiger partial charge in [-0.05, 0) is 38.1 Å². The van der Waals surface area contributed by atoms with Crippen molar-refractivity contribution in [3.63, 3.8) is 0 Å². The molecule has 0 spiro atoms. The van der Waals surface area contributed by atoms with E-state index in [0.29, 0.717) is 11.5 Å². The summed E-state index contributed by atoms with van der Waals surface area (Å²) in [7, 11) is 0. The summed E-state index contributed by atoms with van der Waals surface area (Å²) in [6, 6.07) is 7.55. The Kier molecular flexibility index (Phi) is 4.12. The molecular weight excluding hydrogens is 269 g/mol. The highest BCUT2D eigenvalue weighted by molar-refractivity contribution is 6.30. The molecule has 0 amide bonds. The normalized spacial score (nSPS) is 14.2. The van der Waals surface area contributed by atoms with Crippen LogP contribution in [0.3, 0.4) is 0 Å². The number of hydrogen-bond donors (Lipinski definition) is 1. The Balaban J connectivity index is 2.23. The first kappa shape index (κ1) is 13.9. The van der Waals surface area contributed by atoms with Crippen LogP contribution < -0.4 is 10.5 Å². The number of aryl methyl sites for hydroxylation is 1. The molecule has 1 aromatic heterocycles. The molecule has 1 heterocycles. The van der Waals surface area contributed by atoms with Gasteiger partial charge in [-0.25, -0.2) is 4.39 Å². The van der Waals surface area contributed by atoms with Crippen LogP contribution in [0.1, 0.15) is 24.5 Å². The van der Waals surface area contributed by atoms with Gasteiger partial charge in [-0.1, -0.05) is 11.6 Å². The van der Waals surface area contributed by atoms with E-state index in [1.165, 1.54) is 18.2 Å². The van der Waals surface area contributed by atoms with Crippen LogP contribution in [0.4, 0.5) is 4.39 Å². The quantitative estimate of drug-likeness (QED) is 0.927. The van der Waals surface area contributed by atoms with Crippen LogP contribution in [0.15, 0.2) is 34.7 Å². The van der Waals surface area contributed by atoms with Gasteiger partial charge in [0.05, 0.1) is 5.02 Å². The second-order valence-corrected chi connectivity index (χ2v) is 4.83. The molecule has 0 aliphatic heterocycles. The van der Waals surface area contributed by atoms with Crippen molar-refractivity contribution in [2.75, 3.05) is 0 Å². The summed E-state index contributed by atoms with van der Waals surface area (Å²) < 4.78 is 24.4. The SMILES string of the molecule is Cc1ccc(C(Oc2ccc(F)c(Cl)c2)C(C)N)o1. The number of benzene rings is 1. The molecule has 0 radical (unpaired) electrons. The van der Waals surface area contributed by atoms with Crippen LogP contribution in [0.5, 0.6) is 5.75 Å². The summed E-state index contributed by atoms with van der Waals surface area (Å²) in [5.41, 5.74) is 5.90. The molecule has 1 aromatic carbocycles. The molecule has 19 heavy (non-hydrogen) atoms. The fraction of sp³-hybridized carbons (Fsp3) is 0.286. The number of ether oxygens (including phenoxy) is 1. The van der Waals surface area contributed by atoms with Crippen molar-refractivity contribution in [2.45, 2.75) is 26.0 Å². The monoisotopic (exact) mass is 283 g/mol. The number of furan rings is 1. The largest absolute Gasteiger partial charge is 0.481 e. The zero-order valence-corrected chi connectivity index (χ0v) is 11.4. The molecule has 102 valence electrons. The van der Waals surface area contributed by atoms with Crippen molar-refractivity contribution in [3.05, 3.63) is 52.7 Å². The first-order valence-electron chi connectivity index (χ1n) is 5.91. The Morgan fingerprint density at radius 2 is 2.05 bits per heavy atom. The predicted octanol–water partition coefficient (Wildman–Crippen LogP) is 3.85. The maximum Gasteiger partial charge on any atom is 0.171 e. The maximum absolute atomic E-state index is 13.1. The molecule has 0 saturated carbocycles. The highest BCUT2D eigenvalue weighted by Gasteiger charge is 2.22. The smallest absolute Gasteiger partial charge is 0.171 e. The third kappa shape index (κ3) is 3.28. The van der Waals surface area contributed by atoms with Crippen molar-refractivity contribution in [2.24, 2.45) is 5.73 Å². The van der Waals surface area contributed by atoms with Crippen molar-refractivity contribution < 1.29 is 13.5 Å². The van der Waals surface area contributed by atoms with Gasteiger partial charge >= 0.3 is 0 Å². The van der Waals surface area contributed by atoms with Gasteiger partial charge in [-0.3, -0.25) is 0 Å². The van der Waals surface area contributed by atoms with E-state index in [0.717, 1.165) is 5.76 Å². The second-order valence-electron chi connectivity index (χ2n) is 4.42. The lowest BCUT2D eigenvalue weighted by atomic mass is 10.1. The third-order valence-corrected chi connectivity index (χ3v) is 2.96. The Hall–Kier alpha value is -1.52. The summed E-state index contributed by atoms with van der Waals surface area (Å²) in [4.78, 5) is 0. The number of rotatable bonds is 4. The molecule has 0 aliphatic rings. The minimum atomic E-state index is -0.486. The summed E-state index contributed by atoms with van der Waals surface area (Å²) in [6.07, 6.45) is -0.449. The van der Waals surface area contributed by atoms with E-state index in [1.807, 2.05) is 26.0 Å². The molecule has 0 saturated heterocycles. The Morgan fingerprint density at radius 1 is 1.32 bits per heavy atom. The molecular formula is C14H15ClFNO2. The van der Waals surface area contributed by atoms with E-state index >= 15 is 0 Å². The zero-order valence-electron chi connectivity index (χ0n) is 10.7. The van der Waals surface area contributed by atoms with Crippen molar-refractivity contribution >= 4 is 11.6 Å². The van der Waals surface area contributed by atoms with Gasteiger partial charge in [0, 0.05) is 12.1 Å². The minimum Gasteiger partial charge on any atom is -0.481 e. The van der Waals surface area contributed by atoms with Gasteiger partial charge in [0.2, 0.25) is 0 Å². The Labute approximate surface area is 116 Å². The lowest BCUT2D eigenvalue weighted by Crippen LogP contribution is -2.28. The first-order valence-corrected chi connectivity index (χ1v) is 6.29. The van der Waals surface area contributed by atoms with Crippen LogP contribution in [-0.4, -0.2) is 6.04 Å². The van der Waals surface area contributed by atoms with Crippen molar-refractivity contribution in [1.82, 2.24) is 0 Å². The summed E-state index contributed by atoms with van der Waals surface area (Å²) in [5.74, 6) is 1.37. The van der Waals surface area contributed by atoms with Crippen LogP contribution in [0.25, 0.3) is 0 Å². The van der Waals surface area contributed by atoms with E-state index < -0.39 is 11.9 Å². The zero-order chi connectivity index (χ0) is 14.0. The Morgan fingerprint density at radius 3 is 2.58 bits per heavy atom. The number of halogens is 2. The van der Waals surface area contributed by atoms with Gasteiger partial charge in [-0.15, -0.1) is 0 Å². The van der Waals surface area contributed by atoms with Gasteiger partial charge < -0.3 is 14.9 Å². The molecule has 2 unspecified atom stereocenters. The summed E-state index contributed by atoms with van der Waals surface area (Å²) in [5, 5.41) is 0.0107. The molecule has 0 fully saturated rings. The highest BCUT2D eigenvalue weighted by Crippen LogP contribution is 2.28. The van der Waals surface area contributed by atoms with E-state index in [2.05, 4.69) is 0 Å². The summed E-state index contributed by atoms with van der Waals surface area (Å²) >= 11 is 5.72. The Bertz CT molecular complexity index is 568. The van der Waals surface area contributed by atoms with Crippen LogP contribution in [-0.2, 0) is 0 Å². The highest BCUT2D eigenvalue weighted by atomic mass is 35.5. The third-order valence-electron chi connectivity index (χ3n) is 2.67. The molecule has 0 aliphatic carbocycles. The molecule has 0 bridgehead atoms. The summed E-state index contributed by atoms with van der Waals surface area (Å²) in [6.45, 7) is 3.66. The lowest BCUT2D eigenvalue weighted by Gasteiger charge is -2.20. The lowest BCUT2D eigenvalue weighted by molar-refractivity contribution is 0.151. The average Bonchev–Trinajstić information content (AvgIpc) is 2.76. The van der Waals surface area contributed by atoms with E-state index in [9.17, 15) is 4.39 Å². The molecule has 2 aromatic rings. The van der Waals surface area contributed by atoms with Gasteiger partial charge in [0.15, 0.2) is 6.10 Å².